The Morgan fingerprint density at radius 1 is 1.25 bits per heavy atom. The number of hydrogen-bond acceptors (Lipinski definition) is 3. The van der Waals surface area contributed by atoms with E-state index < -0.39 is 11.4 Å². The number of carbonyl (C=O) groups is 2. The molecule has 1 aromatic carbocycles. The molecule has 0 atom stereocenters. The molecule has 5 nitrogen and oxygen atoms in total. The number of carboxylic acids is 1. The maximum atomic E-state index is 11.8. The summed E-state index contributed by atoms with van der Waals surface area (Å²) in [6.45, 7) is 0.0103. The number of carboxylic acid groups (broad SMARTS) is 1. The minimum atomic E-state index is -0.824. The third kappa shape index (κ3) is 2.03. The van der Waals surface area contributed by atoms with Crippen molar-refractivity contribution < 1.29 is 19.4 Å². The van der Waals surface area contributed by atoms with Crippen LogP contribution in [0, 0.1) is 0 Å². The summed E-state index contributed by atoms with van der Waals surface area (Å²) in [4.78, 5) is 23.2. The van der Waals surface area contributed by atoms with Crippen LogP contribution in [-0.2, 0) is 15.0 Å². The van der Waals surface area contributed by atoms with Crippen molar-refractivity contribution in [2.24, 2.45) is 0 Å². The Morgan fingerprint density at radius 2 is 2.00 bits per heavy atom. The maximum Gasteiger partial charge on any atom is 0.314 e. The van der Waals surface area contributed by atoms with Crippen molar-refractivity contribution in [1.82, 2.24) is 0 Å². The second-order valence-electron chi connectivity index (χ2n) is 5.50. The summed E-state index contributed by atoms with van der Waals surface area (Å²) >= 11 is 0. The predicted octanol–water partition coefficient (Wildman–Crippen LogP) is 2.30. The Morgan fingerprint density at radius 3 is 2.70 bits per heavy atom. The normalized spacial score (nSPS) is 20.5. The van der Waals surface area contributed by atoms with E-state index in [2.05, 4.69) is 5.32 Å². The first-order valence-corrected chi connectivity index (χ1v) is 6.92. The van der Waals surface area contributed by atoms with Gasteiger partial charge in [0.15, 0.2) is 6.61 Å². The van der Waals surface area contributed by atoms with Gasteiger partial charge in [-0.1, -0.05) is 25.3 Å². The highest BCUT2D eigenvalue weighted by Gasteiger charge is 2.41. The predicted molar refractivity (Wildman–Crippen MR) is 73.0 cm³/mol. The Hall–Kier alpha value is -2.04. The summed E-state index contributed by atoms with van der Waals surface area (Å²) in [7, 11) is 0. The number of nitrogens with one attached hydrogen (secondary N) is 1. The Kier molecular flexibility index (Phi) is 3.12. The third-order valence-corrected chi connectivity index (χ3v) is 4.28. The van der Waals surface area contributed by atoms with E-state index in [1.165, 1.54) is 0 Å². The zero-order valence-corrected chi connectivity index (χ0v) is 11.1. The van der Waals surface area contributed by atoms with E-state index in [4.69, 9.17) is 4.74 Å². The molecule has 1 aromatic rings. The maximum absolute atomic E-state index is 11.8. The molecule has 1 saturated carbocycles. The van der Waals surface area contributed by atoms with Crippen LogP contribution in [0.2, 0.25) is 0 Å². The largest absolute Gasteiger partial charge is 0.482 e. The number of carbonyl (C=O) groups excluding carboxylic acids is 1. The Labute approximate surface area is 116 Å². The van der Waals surface area contributed by atoms with Gasteiger partial charge in [-0.2, -0.15) is 0 Å². The molecule has 1 fully saturated rings. The van der Waals surface area contributed by atoms with E-state index >= 15 is 0 Å². The number of benzene rings is 1. The molecule has 2 N–H and O–H groups in total. The fourth-order valence-corrected chi connectivity index (χ4v) is 3.16. The van der Waals surface area contributed by atoms with E-state index in [0.29, 0.717) is 24.3 Å². The fraction of sp³-hybridized carbons (Fsp3) is 0.467. The quantitative estimate of drug-likeness (QED) is 0.868. The smallest absolute Gasteiger partial charge is 0.314 e. The highest BCUT2D eigenvalue weighted by atomic mass is 16.5. The molecule has 0 spiro atoms. The van der Waals surface area contributed by atoms with Crippen LogP contribution in [0.4, 0.5) is 5.69 Å². The highest BCUT2D eigenvalue weighted by Crippen LogP contribution is 2.42. The molecular weight excluding hydrogens is 258 g/mol. The van der Waals surface area contributed by atoms with Crippen LogP contribution in [-0.4, -0.2) is 23.6 Å². The molecule has 106 valence electrons. The summed E-state index contributed by atoms with van der Waals surface area (Å²) in [5.74, 6) is -0.382. The molecule has 20 heavy (non-hydrogen) atoms. The van der Waals surface area contributed by atoms with Gasteiger partial charge in [0.1, 0.15) is 5.75 Å². The van der Waals surface area contributed by atoms with Crippen LogP contribution >= 0.6 is 0 Å². The number of rotatable bonds is 2. The van der Waals surface area contributed by atoms with Crippen LogP contribution < -0.4 is 10.1 Å². The van der Waals surface area contributed by atoms with Gasteiger partial charge in [-0.05, 0) is 30.5 Å². The molecule has 0 radical (unpaired) electrons. The average molecular weight is 275 g/mol. The van der Waals surface area contributed by atoms with Crippen molar-refractivity contribution >= 4 is 17.6 Å². The number of fused-ring (bicyclic) bond motifs is 1. The van der Waals surface area contributed by atoms with Crippen LogP contribution in [0.1, 0.15) is 37.7 Å². The summed E-state index contributed by atoms with van der Waals surface area (Å²) in [6, 6.07) is 5.32. The first-order chi connectivity index (χ1) is 9.62. The second kappa shape index (κ2) is 4.81. The van der Waals surface area contributed by atoms with Gasteiger partial charge in [0.05, 0.1) is 11.1 Å². The first kappa shape index (κ1) is 13.0. The molecule has 1 heterocycles. The topological polar surface area (TPSA) is 75.6 Å². The highest BCUT2D eigenvalue weighted by molar-refractivity contribution is 5.95. The fourth-order valence-electron chi connectivity index (χ4n) is 3.16. The van der Waals surface area contributed by atoms with Crippen LogP contribution in [0.15, 0.2) is 18.2 Å². The van der Waals surface area contributed by atoms with Gasteiger partial charge in [-0.15, -0.1) is 0 Å². The lowest BCUT2D eigenvalue weighted by Gasteiger charge is -2.34. The van der Waals surface area contributed by atoms with E-state index in [1.807, 2.05) is 6.07 Å². The monoisotopic (exact) mass is 275 g/mol. The lowest BCUT2D eigenvalue weighted by molar-refractivity contribution is -0.145. The van der Waals surface area contributed by atoms with E-state index in [0.717, 1.165) is 24.8 Å². The summed E-state index contributed by atoms with van der Waals surface area (Å²) in [5, 5.41) is 12.4. The molecule has 0 unspecified atom stereocenters. The van der Waals surface area contributed by atoms with Crippen molar-refractivity contribution in [1.29, 1.82) is 0 Å². The standard InChI is InChI=1S/C15H17NO4/c17-13-9-20-12-5-4-10(8-11(12)16-13)15(14(18)19)6-2-1-3-7-15/h4-5,8H,1-3,6-7,9H2,(H,16,17)(H,18,19). The number of amides is 1. The van der Waals surface area contributed by atoms with Gasteiger partial charge in [0.25, 0.3) is 5.91 Å². The van der Waals surface area contributed by atoms with Crippen molar-refractivity contribution in [2.45, 2.75) is 37.5 Å². The van der Waals surface area contributed by atoms with Crippen LogP contribution in [0.5, 0.6) is 5.75 Å². The molecular formula is C15H17NO4. The van der Waals surface area contributed by atoms with Gasteiger partial charge < -0.3 is 15.2 Å². The molecule has 0 aromatic heterocycles. The van der Waals surface area contributed by atoms with Gasteiger partial charge in [0.2, 0.25) is 0 Å². The summed E-state index contributed by atoms with van der Waals surface area (Å²) in [5.41, 5.74) is 0.509. The molecule has 1 amide bonds. The van der Waals surface area contributed by atoms with Gasteiger partial charge >= 0.3 is 5.97 Å². The zero-order valence-electron chi connectivity index (χ0n) is 11.1. The lowest BCUT2D eigenvalue weighted by atomic mass is 9.69. The number of aliphatic carboxylic acids is 1. The molecule has 2 aliphatic rings. The SMILES string of the molecule is O=C1COc2ccc(C3(C(=O)O)CCCCC3)cc2N1. The molecule has 5 heteroatoms. The van der Waals surface area contributed by atoms with Crippen molar-refractivity contribution in [3.8, 4) is 5.75 Å². The average Bonchev–Trinajstić information content (AvgIpc) is 2.47. The molecule has 3 rings (SSSR count). The third-order valence-electron chi connectivity index (χ3n) is 4.28. The zero-order chi connectivity index (χ0) is 14.2. The van der Waals surface area contributed by atoms with Gasteiger partial charge in [0, 0.05) is 0 Å². The lowest BCUT2D eigenvalue weighted by Crippen LogP contribution is -2.38. The number of anilines is 1. The first-order valence-electron chi connectivity index (χ1n) is 6.92. The summed E-state index contributed by atoms with van der Waals surface area (Å²) in [6.07, 6.45) is 4.23. The van der Waals surface area contributed by atoms with Crippen molar-refractivity contribution in [3.05, 3.63) is 23.8 Å². The molecule has 1 aliphatic carbocycles. The van der Waals surface area contributed by atoms with Crippen LogP contribution in [0.3, 0.4) is 0 Å². The minimum absolute atomic E-state index is 0.0103. The second-order valence-corrected chi connectivity index (χ2v) is 5.50. The minimum Gasteiger partial charge on any atom is -0.482 e. The number of hydrogen-bond donors (Lipinski definition) is 2. The number of ether oxygens (including phenoxy) is 1. The molecule has 1 aliphatic heterocycles. The Bertz CT molecular complexity index is 561. The van der Waals surface area contributed by atoms with Crippen LogP contribution in [0.25, 0.3) is 0 Å². The van der Waals surface area contributed by atoms with Crippen molar-refractivity contribution in [2.75, 3.05) is 11.9 Å². The van der Waals surface area contributed by atoms with E-state index in [1.54, 1.807) is 12.1 Å². The van der Waals surface area contributed by atoms with Crippen molar-refractivity contribution in [3.63, 3.8) is 0 Å². The van der Waals surface area contributed by atoms with Gasteiger partial charge in [-0.25, -0.2) is 0 Å². The summed E-state index contributed by atoms with van der Waals surface area (Å²) < 4.78 is 5.31. The molecule has 0 bridgehead atoms. The molecule has 0 saturated heterocycles. The Balaban J connectivity index is 2.02. The van der Waals surface area contributed by atoms with E-state index in [-0.39, 0.29) is 12.5 Å². The van der Waals surface area contributed by atoms with E-state index in [9.17, 15) is 14.7 Å². The van der Waals surface area contributed by atoms with Gasteiger partial charge in [-0.3, -0.25) is 9.59 Å².